The van der Waals surface area contributed by atoms with Crippen molar-refractivity contribution in [3.05, 3.63) is 30.0 Å². The summed E-state index contributed by atoms with van der Waals surface area (Å²) in [5.41, 5.74) is 1.36. The van der Waals surface area contributed by atoms with Gasteiger partial charge in [-0.2, -0.15) is 0 Å². The minimum atomic E-state index is -1.06. The van der Waals surface area contributed by atoms with Crippen molar-refractivity contribution in [3.63, 3.8) is 0 Å². The number of hydrogen-bond donors (Lipinski definition) is 1. The number of rotatable bonds is 3. The first-order chi connectivity index (χ1) is 7.58. The number of carboxylic acids is 1. The molecular weight excluding hydrogens is 208 g/mol. The fourth-order valence-electron chi connectivity index (χ4n) is 1.53. The van der Waals surface area contributed by atoms with Crippen LogP contribution in [0.1, 0.15) is 16.1 Å². The van der Waals surface area contributed by atoms with E-state index < -0.39 is 5.97 Å². The average Bonchev–Trinajstić information content (AvgIpc) is 2.59. The van der Waals surface area contributed by atoms with Crippen LogP contribution in [0, 0.1) is 0 Å². The molecule has 0 unspecified atom stereocenters. The van der Waals surface area contributed by atoms with Gasteiger partial charge in [-0.05, 0) is 14.1 Å². The van der Waals surface area contributed by atoms with Crippen molar-refractivity contribution in [2.75, 3.05) is 14.1 Å². The van der Waals surface area contributed by atoms with Crippen molar-refractivity contribution in [1.82, 2.24) is 19.3 Å². The Labute approximate surface area is 92.2 Å². The molecule has 0 fully saturated rings. The molecular formula is C10H12N4O2. The summed E-state index contributed by atoms with van der Waals surface area (Å²) >= 11 is 0. The number of nitrogens with zero attached hydrogens (tertiary/aromatic N) is 4. The van der Waals surface area contributed by atoms with Crippen LogP contribution in [0.2, 0.25) is 0 Å². The highest BCUT2D eigenvalue weighted by Crippen LogP contribution is 2.08. The Morgan fingerprint density at radius 3 is 2.88 bits per heavy atom. The van der Waals surface area contributed by atoms with Gasteiger partial charge in [0.15, 0.2) is 11.3 Å². The number of carboxylic acid groups (broad SMARTS) is 1. The molecule has 2 aromatic heterocycles. The molecule has 84 valence electrons. The summed E-state index contributed by atoms with van der Waals surface area (Å²) in [6.45, 7) is 0.753. The molecule has 0 amide bonds. The van der Waals surface area contributed by atoms with E-state index in [9.17, 15) is 4.79 Å². The topological polar surface area (TPSA) is 70.7 Å². The van der Waals surface area contributed by atoms with E-state index in [4.69, 9.17) is 5.11 Å². The fourth-order valence-corrected chi connectivity index (χ4v) is 1.53. The highest BCUT2D eigenvalue weighted by molar-refractivity contribution is 5.92. The van der Waals surface area contributed by atoms with Gasteiger partial charge in [-0.15, -0.1) is 0 Å². The summed E-state index contributed by atoms with van der Waals surface area (Å²) in [5, 5.41) is 8.86. The van der Waals surface area contributed by atoms with Gasteiger partial charge in [0.2, 0.25) is 0 Å². The lowest BCUT2D eigenvalue weighted by atomic mass is 10.3. The second-order valence-electron chi connectivity index (χ2n) is 3.83. The molecule has 6 heteroatoms. The Balaban J connectivity index is 2.45. The average molecular weight is 220 g/mol. The molecule has 0 aromatic carbocycles. The summed E-state index contributed by atoms with van der Waals surface area (Å²) in [6.07, 6.45) is 4.97. The number of fused-ring (bicyclic) bond motifs is 1. The van der Waals surface area contributed by atoms with E-state index in [0.29, 0.717) is 5.65 Å². The maximum absolute atomic E-state index is 10.8. The van der Waals surface area contributed by atoms with Gasteiger partial charge in [0.25, 0.3) is 0 Å². The molecule has 0 radical (unpaired) electrons. The van der Waals surface area contributed by atoms with Crippen LogP contribution >= 0.6 is 0 Å². The van der Waals surface area contributed by atoms with E-state index in [1.54, 1.807) is 10.6 Å². The van der Waals surface area contributed by atoms with Gasteiger partial charge in [-0.1, -0.05) is 0 Å². The number of aromatic carboxylic acids is 1. The van der Waals surface area contributed by atoms with E-state index in [-0.39, 0.29) is 5.69 Å². The van der Waals surface area contributed by atoms with Crippen molar-refractivity contribution in [2.24, 2.45) is 0 Å². The highest BCUT2D eigenvalue weighted by atomic mass is 16.4. The minimum Gasteiger partial charge on any atom is -0.476 e. The van der Waals surface area contributed by atoms with Crippen LogP contribution < -0.4 is 0 Å². The molecule has 0 saturated heterocycles. The van der Waals surface area contributed by atoms with Gasteiger partial charge in [0, 0.05) is 24.5 Å². The molecule has 0 atom stereocenters. The fraction of sp³-hybridized carbons (Fsp3) is 0.300. The largest absolute Gasteiger partial charge is 0.476 e. The lowest BCUT2D eigenvalue weighted by Crippen LogP contribution is -2.11. The van der Waals surface area contributed by atoms with Gasteiger partial charge >= 0.3 is 5.97 Å². The van der Waals surface area contributed by atoms with Crippen molar-refractivity contribution >= 4 is 11.6 Å². The summed E-state index contributed by atoms with van der Waals surface area (Å²) in [6, 6.07) is 0. The molecule has 16 heavy (non-hydrogen) atoms. The predicted molar refractivity (Wildman–Crippen MR) is 57.3 cm³/mol. The molecule has 2 heterocycles. The number of hydrogen-bond acceptors (Lipinski definition) is 4. The zero-order chi connectivity index (χ0) is 11.7. The van der Waals surface area contributed by atoms with E-state index in [0.717, 1.165) is 12.1 Å². The third-order valence-electron chi connectivity index (χ3n) is 2.13. The molecule has 0 spiro atoms. The van der Waals surface area contributed by atoms with Crippen molar-refractivity contribution in [3.8, 4) is 0 Å². The molecule has 2 rings (SSSR count). The molecule has 0 saturated carbocycles. The molecule has 0 aliphatic heterocycles. The minimum absolute atomic E-state index is 0.0172. The summed E-state index contributed by atoms with van der Waals surface area (Å²) in [5.74, 6) is -1.06. The zero-order valence-electron chi connectivity index (χ0n) is 9.08. The highest BCUT2D eigenvalue weighted by Gasteiger charge is 2.12. The van der Waals surface area contributed by atoms with Gasteiger partial charge in [-0.3, -0.25) is 4.40 Å². The number of imidazole rings is 1. The Bertz CT molecular complexity index is 533. The smallest absolute Gasteiger partial charge is 0.358 e. The SMILES string of the molecule is CN(C)Cc1cnc2c(C(=O)O)ncn2c1. The molecule has 0 aliphatic rings. The van der Waals surface area contributed by atoms with Crippen LogP contribution in [-0.2, 0) is 6.54 Å². The maximum Gasteiger partial charge on any atom is 0.358 e. The van der Waals surface area contributed by atoms with Crippen LogP contribution in [0.15, 0.2) is 18.7 Å². The predicted octanol–water partition coefficient (Wildman–Crippen LogP) is 0.489. The monoisotopic (exact) mass is 220 g/mol. The van der Waals surface area contributed by atoms with Crippen LogP contribution in [0.25, 0.3) is 5.65 Å². The van der Waals surface area contributed by atoms with Crippen LogP contribution in [0.3, 0.4) is 0 Å². The molecule has 0 aliphatic carbocycles. The van der Waals surface area contributed by atoms with E-state index in [2.05, 4.69) is 9.97 Å². The summed E-state index contributed by atoms with van der Waals surface area (Å²) < 4.78 is 1.63. The Morgan fingerprint density at radius 1 is 1.50 bits per heavy atom. The van der Waals surface area contributed by atoms with Crippen LogP contribution in [0.5, 0.6) is 0 Å². The number of carbonyl (C=O) groups is 1. The van der Waals surface area contributed by atoms with Gasteiger partial charge in [-0.25, -0.2) is 14.8 Å². The standard InChI is InChI=1S/C10H12N4O2/c1-13(2)4-7-3-11-9-8(10(15)16)12-6-14(9)5-7/h3,5-6H,4H2,1-2H3,(H,15,16). The Morgan fingerprint density at radius 2 is 2.25 bits per heavy atom. The third kappa shape index (κ3) is 1.87. The van der Waals surface area contributed by atoms with Gasteiger partial charge < -0.3 is 10.0 Å². The first kappa shape index (κ1) is 10.6. The number of aromatic nitrogens is 3. The normalized spacial score (nSPS) is 11.2. The maximum atomic E-state index is 10.8. The summed E-state index contributed by atoms with van der Waals surface area (Å²) in [7, 11) is 3.92. The zero-order valence-corrected chi connectivity index (χ0v) is 9.08. The van der Waals surface area contributed by atoms with E-state index in [1.165, 1.54) is 6.33 Å². The molecule has 6 nitrogen and oxygen atoms in total. The van der Waals surface area contributed by atoms with E-state index >= 15 is 0 Å². The van der Waals surface area contributed by atoms with Gasteiger partial charge in [0.1, 0.15) is 6.33 Å². The quantitative estimate of drug-likeness (QED) is 0.815. The van der Waals surface area contributed by atoms with Crippen molar-refractivity contribution in [2.45, 2.75) is 6.54 Å². The second-order valence-corrected chi connectivity index (χ2v) is 3.83. The first-order valence-electron chi connectivity index (χ1n) is 4.77. The molecule has 0 bridgehead atoms. The van der Waals surface area contributed by atoms with Crippen molar-refractivity contribution in [1.29, 1.82) is 0 Å². The molecule has 1 N–H and O–H groups in total. The van der Waals surface area contributed by atoms with Crippen LogP contribution in [0.4, 0.5) is 0 Å². The van der Waals surface area contributed by atoms with Crippen LogP contribution in [-0.4, -0.2) is 44.4 Å². The molecule has 2 aromatic rings. The van der Waals surface area contributed by atoms with Gasteiger partial charge in [0.05, 0.1) is 0 Å². The Kier molecular flexibility index (Phi) is 2.57. The van der Waals surface area contributed by atoms with E-state index in [1.807, 2.05) is 25.2 Å². The lowest BCUT2D eigenvalue weighted by Gasteiger charge is -2.08. The third-order valence-corrected chi connectivity index (χ3v) is 2.13. The Hall–Kier alpha value is -1.95. The van der Waals surface area contributed by atoms with Crippen molar-refractivity contribution < 1.29 is 9.90 Å². The first-order valence-corrected chi connectivity index (χ1v) is 4.77. The summed E-state index contributed by atoms with van der Waals surface area (Å²) in [4.78, 5) is 20.7. The second kappa shape index (κ2) is 3.90. The lowest BCUT2D eigenvalue weighted by molar-refractivity contribution is 0.0693.